The summed E-state index contributed by atoms with van der Waals surface area (Å²) in [6.07, 6.45) is -20.0. The Balaban J connectivity index is 2.01. The normalized spacial score (nSPS) is 41.8. The van der Waals surface area contributed by atoms with Crippen LogP contribution in [0.3, 0.4) is 0 Å². The van der Waals surface area contributed by atoms with Crippen LogP contribution >= 0.6 is 0 Å². The van der Waals surface area contributed by atoms with E-state index in [1.165, 1.54) is 0 Å². The van der Waals surface area contributed by atoms with Gasteiger partial charge in [-0.3, -0.25) is 9.59 Å². The minimum atomic E-state index is -2.00. The van der Waals surface area contributed by atoms with Crippen LogP contribution in [0.25, 0.3) is 0 Å². The summed E-state index contributed by atoms with van der Waals surface area (Å²) in [5, 5.41) is 77.1. The number of ether oxygens (including phenoxy) is 4. The van der Waals surface area contributed by atoms with Gasteiger partial charge in [-0.25, -0.2) is 4.79 Å². The average molecular weight is 442 g/mol. The summed E-state index contributed by atoms with van der Waals surface area (Å²) in [4.78, 5) is 32.8. The lowest BCUT2D eigenvalue weighted by atomic mass is 9.97. The summed E-state index contributed by atoms with van der Waals surface area (Å²) >= 11 is 0. The van der Waals surface area contributed by atoms with Crippen LogP contribution in [0.1, 0.15) is 6.42 Å². The van der Waals surface area contributed by atoms with Crippen molar-refractivity contribution in [2.75, 3.05) is 6.61 Å². The zero-order valence-electron chi connectivity index (χ0n) is 15.1. The molecule has 0 radical (unpaired) electrons. The molecular formula is C15H22O15. The lowest BCUT2D eigenvalue weighted by Gasteiger charge is -2.44. The van der Waals surface area contributed by atoms with Crippen LogP contribution in [-0.4, -0.2) is 127 Å². The first kappa shape index (κ1) is 24.3. The van der Waals surface area contributed by atoms with Crippen molar-refractivity contribution < 1.29 is 74.2 Å². The molecule has 30 heavy (non-hydrogen) atoms. The molecule has 2 saturated heterocycles. The maximum Gasteiger partial charge on any atom is 0.335 e. The lowest BCUT2D eigenvalue weighted by molar-refractivity contribution is -0.357. The standard InChI is InChI=1S/C15H22O15/c16-4(17)1-5(18)27-2-3-6(19)8(21)12(14(26)28-3)30-15-10(23)7(20)9(22)11(29-15)13(24)25/h3,6-12,14-15,19-23,26H,1-2H2,(H,16,17)(H,24,25). The number of aliphatic hydroxyl groups excluding tert-OH is 6. The second-order valence-corrected chi connectivity index (χ2v) is 6.64. The fourth-order valence-electron chi connectivity index (χ4n) is 2.87. The van der Waals surface area contributed by atoms with Crippen molar-refractivity contribution in [3.05, 3.63) is 0 Å². The van der Waals surface area contributed by atoms with Gasteiger partial charge < -0.3 is 59.8 Å². The van der Waals surface area contributed by atoms with Gasteiger partial charge in [0.15, 0.2) is 18.7 Å². The van der Waals surface area contributed by atoms with Gasteiger partial charge in [0.05, 0.1) is 0 Å². The second kappa shape index (κ2) is 9.90. The van der Waals surface area contributed by atoms with Crippen LogP contribution in [-0.2, 0) is 33.3 Å². The van der Waals surface area contributed by atoms with Gasteiger partial charge >= 0.3 is 17.9 Å². The maximum atomic E-state index is 11.2. The number of hydrogen-bond acceptors (Lipinski definition) is 13. The number of carbonyl (C=O) groups is 3. The third kappa shape index (κ3) is 5.39. The van der Waals surface area contributed by atoms with Crippen molar-refractivity contribution in [1.82, 2.24) is 0 Å². The van der Waals surface area contributed by atoms with Crippen LogP contribution in [0.4, 0.5) is 0 Å². The topological polar surface area (TPSA) is 250 Å². The number of aliphatic carboxylic acids is 2. The molecule has 2 aliphatic rings. The van der Waals surface area contributed by atoms with Crippen LogP contribution in [0.2, 0.25) is 0 Å². The summed E-state index contributed by atoms with van der Waals surface area (Å²) in [6.45, 7) is -0.720. The molecule has 2 heterocycles. The first-order chi connectivity index (χ1) is 13.9. The Morgan fingerprint density at radius 1 is 0.800 bits per heavy atom. The highest BCUT2D eigenvalue weighted by Gasteiger charge is 2.51. The zero-order valence-corrected chi connectivity index (χ0v) is 15.1. The van der Waals surface area contributed by atoms with E-state index in [1.807, 2.05) is 0 Å². The first-order valence-corrected chi connectivity index (χ1v) is 8.59. The average Bonchev–Trinajstić information content (AvgIpc) is 2.65. The molecule has 0 amide bonds. The fraction of sp³-hybridized carbons (Fsp3) is 0.800. The smallest absolute Gasteiger partial charge is 0.335 e. The molecule has 10 atom stereocenters. The summed E-state index contributed by atoms with van der Waals surface area (Å²) in [7, 11) is 0. The van der Waals surface area contributed by atoms with Gasteiger partial charge in [-0.1, -0.05) is 0 Å². The van der Waals surface area contributed by atoms with E-state index in [4.69, 9.17) is 24.4 Å². The quantitative estimate of drug-likeness (QED) is 0.135. The van der Waals surface area contributed by atoms with Gasteiger partial charge in [-0.15, -0.1) is 0 Å². The van der Waals surface area contributed by atoms with Gasteiger partial charge in [0.2, 0.25) is 0 Å². The summed E-state index contributed by atoms with van der Waals surface area (Å²) in [5.41, 5.74) is 0. The Morgan fingerprint density at radius 3 is 2.00 bits per heavy atom. The highest BCUT2D eigenvalue weighted by Crippen LogP contribution is 2.28. The Labute approximate surface area is 167 Å². The second-order valence-electron chi connectivity index (χ2n) is 6.64. The largest absolute Gasteiger partial charge is 0.481 e. The van der Waals surface area contributed by atoms with Crippen molar-refractivity contribution in [2.24, 2.45) is 0 Å². The maximum absolute atomic E-state index is 11.2. The Bertz CT molecular complexity index is 640. The lowest BCUT2D eigenvalue weighted by Crippen LogP contribution is -2.64. The molecule has 0 spiro atoms. The van der Waals surface area contributed by atoms with Crippen molar-refractivity contribution >= 4 is 17.9 Å². The molecule has 0 bridgehead atoms. The van der Waals surface area contributed by atoms with E-state index in [9.17, 15) is 45.0 Å². The highest BCUT2D eigenvalue weighted by atomic mass is 16.7. The SMILES string of the molecule is O=C(O)CC(=O)OCC1OC(O)C(OC2OC(C(=O)O)C(O)C(O)C2O)C(O)C1O. The van der Waals surface area contributed by atoms with Crippen LogP contribution in [0, 0.1) is 0 Å². The monoisotopic (exact) mass is 442 g/mol. The van der Waals surface area contributed by atoms with Crippen LogP contribution in [0.5, 0.6) is 0 Å². The number of esters is 1. The number of carbonyl (C=O) groups excluding carboxylic acids is 1. The highest BCUT2D eigenvalue weighted by molar-refractivity contribution is 5.90. The van der Waals surface area contributed by atoms with E-state index < -0.39 is 92.3 Å². The number of rotatable bonds is 7. The Hall–Kier alpha value is -1.95. The molecule has 172 valence electrons. The first-order valence-electron chi connectivity index (χ1n) is 8.59. The number of aliphatic hydroxyl groups is 6. The van der Waals surface area contributed by atoms with Gasteiger partial charge in [0, 0.05) is 0 Å². The third-order valence-electron chi connectivity index (χ3n) is 4.47. The van der Waals surface area contributed by atoms with Gasteiger partial charge in [-0.2, -0.15) is 0 Å². The third-order valence-corrected chi connectivity index (χ3v) is 4.47. The van der Waals surface area contributed by atoms with E-state index >= 15 is 0 Å². The van der Waals surface area contributed by atoms with Gasteiger partial charge in [-0.05, 0) is 0 Å². The Morgan fingerprint density at radius 2 is 1.43 bits per heavy atom. The molecule has 2 aliphatic heterocycles. The molecule has 15 nitrogen and oxygen atoms in total. The number of carboxylic acids is 2. The van der Waals surface area contributed by atoms with Crippen molar-refractivity contribution in [1.29, 1.82) is 0 Å². The van der Waals surface area contributed by atoms with Gasteiger partial charge in [0.25, 0.3) is 0 Å². The molecule has 2 fully saturated rings. The van der Waals surface area contributed by atoms with Crippen molar-refractivity contribution in [3.8, 4) is 0 Å². The molecule has 2 rings (SSSR count). The van der Waals surface area contributed by atoms with E-state index in [0.717, 1.165) is 0 Å². The summed E-state index contributed by atoms with van der Waals surface area (Å²) in [6, 6.07) is 0. The minimum absolute atomic E-state index is 0.720. The van der Waals surface area contributed by atoms with E-state index in [2.05, 4.69) is 4.74 Å². The molecule has 0 aromatic heterocycles. The molecule has 8 N–H and O–H groups in total. The molecule has 10 unspecified atom stereocenters. The molecule has 0 aromatic rings. The van der Waals surface area contributed by atoms with Crippen molar-refractivity contribution in [3.63, 3.8) is 0 Å². The molecule has 0 aromatic carbocycles. The van der Waals surface area contributed by atoms with Crippen LogP contribution in [0.15, 0.2) is 0 Å². The molecule has 15 heteroatoms. The predicted molar refractivity (Wildman–Crippen MR) is 85.3 cm³/mol. The summed E-state index contributed by atoms with van der Waals surface area (Å²) < 4.78 is 19.5. The minimum Gasteiger partial charge on any atom is -0.481 e. The predicted octanol–water partition coefficient (Wildman–Crippen LogP) is -5.28. The summed E-state index contributed by atoms with van der Waals surface area (Å²) in [5.74, 6) is -4.31. The van der Waals surface area contributed by atoms with E-state index in [-0.39, 0.29) is 0 Å². The number of carboxylic acid groups (broad SMARTS) is 2. The van der Waals surface area contributed by atoms with Crippen molar-refractivity contribution in [2.45, 2.75) is 67.8 Å². The van der Waals surface area contributed by atoms with Gasteiger partial charge in [0.1, 0.15) is 55.8 Å². The fourth-order valence-corrected chi connectivity index (χ4v) is 2.87. The molecule has 0 saturated carbocycles. The molecule has 0 aliphatic carbocycles. The van der Waals surface area contributed by atoms with E-state index in [0.29, 0.717) is 0 Å². The number of hydrogen-bond donors (Lipinski definition) is 8. The Kier molecular flexibility index (Phi) is 8.03. The van der Waals surface area contributed by atoms with E-state index in [1.54, 1.807) is 0 Å². The van der Waals surface area contributed by atoms with Crippen LogP contribution < -0.4 is 0 Å². The zero-order chi connectivity index (χ0) is 22.7. The molecular weight excluding hydrogens is 420 g/mol.